The second-order valence-corrected chi connectivity index (χ2v) is 18.9. The summed E-state index contributed by atoms with van der Waals surface area (Å²) in [7, 11) is 0. The van der Waals surface area contributed by atoms with E-state index in [2.05, 4.69) is 26.8 Å². The summed E-state index contributed by atoms with van der Waals surface area (Å²) in [5, 5.41) is 76.1. The minimum absolute atomic E-state index is 0.0820. The van der Waals surface area contributed by atoms with E-state index >= 15 is 0 Å². The van der Waals surface area contributed by atoms with Gasteiger partial charge in [-0.1, -0.05) is 32.4 Å². The summed E-state index contributed by atoms with van der Waals surface area (Å²) in [5.74, 6) is -0.473. The van der Waals surface area contributed by atoms with Gasteiger partial charge in [-0.3, -0.25) is 4.79 Å². The van der Waals surface area contributed by atoms with E-state index in [9.17, 15) is 40.5 Å². The van der Waals surface area contributed by atoms with Crippen molar-refractivity contribution in [3.8, 4) is 0 Å². The van der Waals surface area contributed by atoms with Crippen molar-refractivity contribution in [2.75, 3.05) is 19.8 Å². The normalized spacial score (nSPS) is 55.4. The van der Waals surface area contributed by atoms with Crippen molar-refractivity contribution in [2.24, 2.45) is 40.4 Å². The van der Waals surface area contributed by atoms with Crippen LogP contribution in [0.2, 0.25) is 0 Å². The predicted molar refractivity (Wildman–Crippen MR) is 194 cm³/mol. The van der Waals surface area contributed by atoms with Crippen LogP contribution in [0, 0.1) is 40.4 Å². The summed E-state index contributed by atoms with van der Waals surface area (Å²) in [4.78, 5) is 11.6. The summed E-state index contributed by atoms with van der Waals surface area (Å²) in [6.07, 6.45) is -4.74. The van der Waals surface area contributed by atoms with Crippen LogP contribution < -0.4 is 0 Å². The zero-order valence-electron chi connectivity index (χ0n) is 33.3. The van der Waals surface area contributed by atoms with Crippen molar-refractivity contribution in [1.29, 1.82) is 0 Å². The highest BCUT2D eigenvalue weighted by atomic mass is 16.8. The van der Waals surface area contributed by atoms with Gasteiger partial charge in [0.05, 0.1) is 31.5 Å². The number of aliphatic hydroxyl groups excluding tert-OH is 6. The predicted octanol–water partition coefficient (Wildman–Crippen LogP) is 1.05. The fourth-order valence-electron chi connectivity index (χ4n) is 12.9. The van der Waals surface area contributed by atoms with E-state index in [0.29, 0.717) is 37.7 Å². The standard InChI is InChI=1S/C41H64O15/c1-19-34(52-21(3)44)32(47)33(48)36(51-19)55-35-31(46)30(45)28(17-43)54-37(35)53-24-9-11-38(4)23(14-24)6-7-25-26(38)10-12-39(5)27(25)15-29-41(39,49)20(2)40(56-29)13-8-22(16-42)18-50-40/h6,19-20,22,24-37,42-43,45-49H,7-18H2,1-5H3/t19-,20+,22?,24-,25+,26-,27-,28+,29-,30+,31-,32-,33+,34-,35+,36-,37+,38-,39-,40+,41+/m0/s1. The molecule has 0 amide bonds. The SMILES string of the molecule is CC(=O)O[C@@H]1[C@@H](O)[C@@H](O)[C@H](O[C@H]2[C@H](O[C@H]3CC[C@@]4(C)C(=CC[C@@H]5[C@@H]4CC[C@@]4(C)[C@H]5C[C@@H]5O[C@]6(CCC(CO)CO6)[C@@H](C)[C@@]54O)C3)O[C@H](CO)[C@@H](O)[C@@H]2O)O[C@H]1C. The van der Waals surface area contributed by atoms with Gasteiger partial charge in [-0.25, -0.2) is 0 Å². The fraction of sp³-hybridized carbons (Fsp3) is 0.927. The van der Waals surface area contributed by atoms with Crippen LogP contribution in [0.5, 0.6) is 0 Å². The number of esters is 1. The molecule has 15 heteroatoms. The van der Waals surface area contributed by atoms with Crippen LogP contribution in [0.4, 0.5) is 0 Å². The summed E-state index contributed by atoms with van der Waals surface area (Å²) < 4.78 is 42.7. The third-order valence-electron chi connectivity index (χ3n) is 16.2. The highest BCUT2D eigenvalue weighted by Gasteiger charge is 2.76. The lowest BCUT2D eigenvalue weighted by molar-refractivity contribution is -0.370. The summed E-state index contributed by atoms with van der Waals surface area (Å²) >= 11 is 0. The van der Waals surface area contributed by atoms with Crippen LogP contribution in [-0.4, -0.2) is 147 Å². The van der Waals surface area contributed by atoms with Crippen molar-refractivity contribution in [3.63, 3.8) is 0 Å². The molecule has 4 aliphatic heterocycles. The number of allylic oxidation sites excluding steroid dienone is 1. The Kier molecular flexibility index (Phi) is 11.1. The molecule has 1 unspecified atom stereocenters. The first kappa shape index (κ1) is 41.4. The van der Waals surface area contributed by atoms with Gasteiger partial charge in [-0.15, -0.1) is 0 Å². The first-order valence-electron chi connectivity index (χ1n) is 21.0. The van der Waals surface area contributed by atoms with Gasteiger partial charge < -0.3 is 68.9 Å². The molecule has 21 atom stereocenters. The largest absolute Gasteiger partial charge is 0.457 e. The molecule has 4 aliphatic carbocycles. The van der Waals surface area contributed by atoms with E-state index in [-0.39, 0.29) is 47.4 Å². The highest BCUT2D eigenvalue weighted by Crippen LogP contribution is 2.72. The molecule has 1 spiro atoms. The average Bonchev–Trinajstić information content (AvgIpc) is 3.52. The lowest BCUT2D eigenvalue weighted by Crippen LogP contribution is -2.64. The minimum atomic E-state index is -1.67. The van der Waals surface area contributed by atoms with Crippen molar-refractivity contribution < 1.29 is 73.7 Å². The van der Waals surface area contributed by atoms with Crippen LogP contribution in [0.1, 0.15) is 92.4 Å². The Balaban J connectivity index is 0.962. The topological polar surface area (TPSA) is 223 Å². The second kappa shape index (κ2) is 15.0. The molecule has 7 N–H and O–H groups in total. The molecule has 0 bridgehead atoms. The molecular weight excluding hydrogens is 732 g/mol. The Hall–Kier alpha value is -1.31. The van der Waals surface area contributed by atoms with E-state index in [1.54, 1.807) is 6.92 Å². The van der Waals surface area contributed by atoms with Crippen LogP contribution in [-0.2, 0) is 38.0 Å². The van der Waals surface area contributed by atoms with Gasteiger partial charge in [0.25, 0.3) is 0 Å². The summed E-state index contributed by atoms with van der Waals surface area (Å²) in [5.41, 5.74) is -0.109. The van der Waals surface area contributed by atoms with Crippen molar-refractivity contribution in [1.82, 2.24) is 0 Å². The molecule has 0 radical (unpaired) electrons. The maximum absolute atomic E-state index is 12.7. The highest BCUT2D eigenvalue weighted by molar-refractivity contribution is 5.66. The van der Waals surface area contributed by atoms with E-state index in [0.717, 1.165) is 38.5 Å². The van der Waals surface area contributed by atoms with E-state index in [1.165, 1.54) is 12.5 Å². The molecule has 0 aromatic rings. The molecule has 3 saturated carbocycles. The quantitative estimate of drug-likeness (QED) is 0.141. The van der Waals surface area contributed by atoms with Gasteiger partial charge in [0.2, 0.25) is 0 Å². The monoisotopic (exact) mass is 796 g/mol. The van der Waals surface area contributed by atoms with E-state index in [1.807, 2.05) is 0 Å². The molecule has 15 nitrogen and oxygen atoms in total. The molecule has 8 rings (SSSR count). The van der Waals surface area contributed by atoms with Crippen molar-refractivity contribution in [2.45, 2.75) is 177 Å². The summed E-state index contributed by atoms with van der Waals surface area (Å²) in [6, 6.07) is 0. The number of fused-ring (bicyclic) bond motifs is 7. The Labute approximate surface area is 328 Å². The van der Waals surface area contributed by atoms with Crippen LogP contribution in [0.15, 0.2) is 11.6 Å². The van der Waals surface area contributed by atoms with Gasteiger partial charge >= 0.3 is 5.97 Å². The molecular formula is C41H64O15. The Morgan fingerprint density at radius 3 is 2.30 bits per heavy atom. The second-order valence-electron chi connectivity index (χ2n) is 18.9. The minimum Gasteiger partial charge on any atom is -0.457 e. The van der Waals surface area contributed by atoms with Gasteiger partial charge in [0.1, 0.15) is 42.2 Å². The number of hydrogen-bond donors (Lipinski definition) is 7. The maximum Gasteiger partial charge on any atom is 0.303 e. The Morgan fingerprint density at radius 2 is 1.62 bits per heavy atom. The van der Waals surface area contributed by atoms with Gasteiger partial charge in [0.15, 0.2) is 24.5 Å². The Morgan fingerprint density at radius 1 is 0.875 bits per heavy atom. The number of carbonyl (C=O) groups excluding carboxylic acids is 1. The van der Waals surface area contributed by atoms with Crippen LogP contribution in [0.3, 0.4) is 0 Å². The number of rotatable bonds is 7. The zero-order valence-corrected chi connectivity index (χ0v) is 33.3. The van der Waals surface area contributed by atoms with Crippen LogP contribution >= 0.6 is 0 Å². The molecule has 7 fully saturated rings. The lowest BCUT2D eigenvalue weighted by atomic mass is 9.46. The molecule has 318 valence electrons. The number of aliphatic hydroxyl groups is 7. The molecule has 4 heterocycles. The van der Waals surface area contributed by atoms with E-state index in [4.69, 9.17) is 33.2 Å². The third-order valence-corrected chi connectivity index (χ3v) is 16.2. The number of carbonyl (C=O) groups is 1. The maximum atomic E-state index is 12.7. The zero-order chi connectivity index (χ0) is 40.1. The van der Waals surface area contributed by atoms with Crippen molar-refractivity contribution >= 4 is 5.97 Å². The van der Waals surface area contributed by atoms with Gasteiger partial charge in [-0.2, -0.15) is 0 Å². The summed E-state index contributed by atoms with van der Waals surface area (Å²) in [6.45, 7) is 9.43. The first-order chi connectivity index (χ1) is 26.5. The van der Waals surface area contributed by atoms with Gasteiger partial charge in [0, 0.05) is 37.2 Å². The fourth-order valence-corrected chi connectivity index (χ4v) is 12.9. The smallest absolute Gasteiger partial charge is 0.303 e. The average molecular weight is 797 g/mol. The van der Waals surface area contributed by atoms with Crippen LogP contribution in [0.25, 0.3) is 0 Å². The number of ether oxygens (including phenoxy) is 7. The third kappa shape index (κ3) is 6.28. The number of hydrogen-bond acceptors (Lipinski definition) is 15. The lowest BCUT2D eigenvalue weighted by Gasteiger charge is -2.60. The molecule has 8 aliphatic rings. The molecule has 56 heavy (non-hydrogen) atoms. The van der Waals surface area contributed by atoms with Gasteiger partial charge in [-0.05, 0) is 81.5 Å². The van der Waals surface area contributed by atoms with E-state index < -0.39 is 85.4 Å². The van der Waals surface area contributed by atoms with Crippen molar-refractivity contribution in [3.05, 3.63) is 11.6 Å². The Bertz CT molecular complexity index is 1490. The molecule has 4 saturated heterocycles. The first-order valence-corrected chi connectivity index (χ1v) is 21.0. The molecule has 0 aromatic heterocycles. The molecule has 0 aromatic carbocycles.